The van der Waals surface area contributed by atoms with E-state index in [1.54, 1.807) is 36.6 Å². The molecule has 1 aliphatic heterocycles. The first-order chi connectivity index (χ1) is 14.5. The fourth-order valence-corrected chi connectivity index (χ4v) is 3.49. The molecular formula is C22H28N4O4. The lowest BCUT2D eigenvalue weighted by Gasteiger charge is -2.30. The van der Waals surface area contributed by atoms with Crippen LogP contribution in [0.1, 0.15) is 35.9 Å². The summed E-state index contributed by atoms with van der Waals surface area (Å²) in [5.74, 6) is 0.407. The number of hydrogen-bond acceptors (Lipinski definition) is 5. The van der Waals surface area contributed by atoms with Crippen LogP contribution in [-0.4, -0.2) is 48.8 Å². The first-order valence-electron chi connectivity index (χ1n) is 10.3. The van der Waals surface area contributed by atoms with E-state index in [4.69, 9.17) is 4.42 Å². The molecule has 3 N–H and O–H groups in total. The Morgan fingerprint density at radius 3 is 2.60 bits per heavy atom. The Hall–Kier alpha value is -3.13. The molecule has 0 bridgehead atoms. The van der Waals surface area contributed by atoms with Crippen LogP contribution < -0.4 is 16.0 Å². The summed E-state index contributed by atoms with van der Waals surface area (Å²) in [6.45, 7) is 4.42. The molecule has 0 radical (unpaired) electrons. The highest BCUT2D eigenvalue weighted by atomic mass is 16.3. The molecule has 0 unspecified atom stereocenters. The van der Waals surface area contributed by atoms with Gasteiger partial charge in [-0.1, -0.05) is 6.07 Å². The number of furan rings is 1. The molecule has 2 aromatic rings. The number of amides is 3. The maximum absolute atomic E-state index is 12.4. The van der Waals surface area contributed by atoms with E-state index in [1.807, 2.05) is 17.9 Å². The highest BCUT2D eigenvalue weighted by Crippen LogP contribution is 2.18. The zero-order valence-electron chi connectivity index (χ0n) is 17.1. The molecule has 0 saturated carbocycles. The molecule has 1 fully saturated rings. The van der Waals surface area contributed by atoms with Gasteiger partial charge in [-0.05, 0) is 63.2 Å². The van der Waals surface area contributed by atoms with E-state index in [0.717, 1.165) is 5.76 Å². The summed E-state index contributed by atoms with van der Waals surface area (Å²) < 4.78 is 5.22. The number of nitrogens with zero attached hydrogens (tertiary/aromatic N) is 1. The van der Waals surface area contributed by atoms with Gasteiger partial charge in [-0.15, -0.1) is 0 Å². The molecule has 160 valence electrons. The van der Waals surface area contributed by atoms with Crippen molar-refractivity contribution in [3.05, 3.63) is 54.0 Å². The van der Waals surface area contributed by atoms with Gasteiger partial charge in [0.1, 0.15) is 5.76 Å². The lowest BCUT2D eigenvalue weighted by Crippen LogP contribution is -2.43. The predicted octanol–water partition coefficient (Wildman–Crippen LogP) is 2.00. The number of likely N-dealkylation sites (tertiary alicyclic amines) is 1. The van der Waals surface area contributed by atoms with Crippen molar-refractivity contribution >= 4 is 23.4 Å². The summed E-state index contributed by atoms with van der Waals surface area (Å²) in [6, 6.07) is 10.5. The normalized spacial score (nSPS) is 14.8. The average molecular weight is 412 g/mol. The molecule has 0 spiro atoms. The minimum atomic E-state index is -0.166. The number of nitrogens with one attached hydrogen (secondary N) is 3. The smallest absolute Gasteiger partial charge is 0.251 e. The minimum Gasteiger partial charge on any atom is -0.467 e. The molecule has 1 aromatic heterocycles. The minimum absolute atomic E-state index is 0.0256. The van der Waals surface area contributed by atoms with Gasteiger partial charge >= 0.3 is 0 Å². The third kappa shape index (κ3) is 6.18. The maximum atomic E-state index is 12.4. The van der Waals surface area contributed by atoms with Gasteiger partial charge < -0.3 is 20.4 Å². The van der Waals surface area contributed by atoms with Crippen molar-refractivity contribution in [2.75, 3.05) is 31.5 Å². The fraction of sp³-hybridized carbons (Fsp3) is 0.409. The lowest BCUT2D eigenvalue weighted by atomic mass is 9.96. The van der Waals surface area contributed by atoms with Crippen LogP contribution in [0.2, 0.25) is 0 Å². The molecule has 30 heavy (non-hydrogen) atoms. The van der Waals surface area contributed by atoms with E-state index >= 15 is 0 Å². The second kappa shape index (κ2) is 10.6. The molecule has 8 nitrogen and oxygen atoms in total. The molecule has 0 atom stereocenters. The van der Waals surface area contributed by atoms with E-state index in [1.165, 1.54) is 0 Å². The SMILES string of the molecule is CCNC(=O)c1cccc(NC(=O)CN2CCC(C(=O)NCc3ccco3)CC2)c1. The van der Waals surface area contributed by atoms with Crippen LogP contribution in [0.5, 0.6) is 0 Å². The summed E-state index contributed by atoms with van der Waals surface area (Å²) in [5.41, 5.74) is 1.10. The van der Waals surface area contributed by atoms with Crippen LogP contribution in [0.15, 0.2) is 47.1 Å². The molecule has 0 aliphatic carbocycles. The first kappa shape index (κ1) is 21.6. The van der Waals surface area contributed by atoms with Gasteiger partial charge in [0.05, 0.1) is 19.4 Å². The van der Waals surface area contributed by atoms with Crippen molar-refractivity contribution in [1.82, 2.24) is 15.5 Å². The highest BCUT2D eigenvalue weighted by Gasteiger charge is 2.26. The van der Waals surface area contributed by atoms with E-state index in [0.29, 0.717) is 50.3 Å². The first-order valence-corrected chi connectivity index (χ1v) is 10.3. The zero-order valence-corrected chi connectivity index (χ0v) is 17.1. The average Bonchev–Trinajstić information content (AvgIpc) is 3.26. The van der Waals surface area contributed by atoms with Gasteiger partial charge in [-0.25, -0.2) is 0 Å². The third-order valence-corrected chi connectivity index (χ3v) is 5.09. The zero-order chi connectivity index (χ0) is 21.3. The lowest BCUT2D eigenvalue weighted by molar-refractivity contribution is -0.126. The molecule has 3 amide bonds. The van der Waals surface area contributed by atoms with E-state index in [2.05, 4.69) is 16.0 Å². The van der Waals surface area contributed by atoms with E-state index < -0.39 is 0 Å². The van der Waals surface area contributed by atoms with Crippen molar-refractivity contribution in [2.45, 2.75) is 26.3 Å². The number of rotatable bonds is 8. The molecule has 1 aliphatic rings. The van der Waals surface area contributed by atoms with Crippen molar-refractivity contribution in [3.8, 4) is 0 Å². The highest BCUT2D eigenvalue weighted by molar-refractivity contribution is 5.97. The number of hydrogen-bond donors (Lipinski definition) is 3. The maximum Gasteiger partial charge on any atom is 0.251 e. The van der Waals surface area contributed by atoms with E-state index in [-0.39, 0.29) is 30.2 Å². The van der Waals surface area contributed by atoms with Crippen molar-refractivity contribution in [1.29, 1.82) is 0 Å². The van der Waals surface area contributed by atoms with E-state index in [9.17, 15) is 14.4 Å². The topological polar surface area (TPSA) is 104 Å². The number of carbonyl (C=O) groups excluding carboxylic acids is 3. The Kier molecular flexibility index (Phi) is 7.62. The van der Waals surface area contributed by atoms with Gasteiger partial charge in [0.2, 0.25) is 11.8 Å². The van der Waals surface area contributed by atoms with Crippen LogP contribution >= 0.6 is 0 Å². The van der Waals surface area contributed by atoms with Gasteiger partial charge in [-0.2, -0.15) is 0 Å². The van der Waals surface area contributed by atoms with Crippen LogP contribution in [-0.2, 0) is 16.1 Å². The van der Waals surface area contributed by atoms with Gasteiger partial charge in [0.25, 0.3) is 5.91 Å². The Balaban J connectivity index is 1.41. The van der Waals surface area contributed by atoms with Crippen LogP contribution in [0.25, 0.3) is 0 Å². The Morgan fingerprint density at radius 2 is 1.90 bits per heavy atom. The Bertz CT molecular complexity index is 858. The molecule has 2 heterocycles. The molecule has 1 aromatic carbocycles. The van der Waals surface area contributed by atoms with Gasteiger partial charge in [0.15, 0.2) is 0 Å². The number of anilines is 1. The van der Waals surface area contributed by atoms with Crippen LogP contribution in [0.3, 0.4) is 0 Å². The summed E-state index contributed by atoms with van der Waals surface area (Å²) >= 11 is 0. The Morgan fingerprint density at radius 1 is 1.10 bits per heavy atom. The second-order valence-corrected chi connectivity index (χ2v) is 7.34. The molecular weight excluding hydrogens is 384 g/mol. The quantitative estimate of drug-likeness (QED) is 0.615. The predicted molar refractivity (Wildman–Crippen MR) is 113 cm³/mol. The third-order valence-electron chi connectivity index (χ3n) is 5.09. The van der Waals surface area contributed by atoms with Gasteiger partial charge in [-0.3, -0.25) is 19.3 Å². The largest absolute Gasteiger partial charge is 0.467 e. The van der Waals surface area contributed by atoms with Crippen molar-refractivity contribution in [2.24, 2.45) is 5.92 Å². The summed E-state index contributed by atoms with van der Waals surface area (Å²) in [5, 5.41) is 8.49. The number of carbonyl (C=O) groups is 3. The van der Waals surface area contributed by atoms with Crippen molar-refractivity contribution in [3.63, 3.8) is 0 Å². The summed E-state index contributed by atoms with van der Waals surface area (Å²) in [7, 11) is 0. The summed E-state index contributed by atoms with van der Waals surface area (Å²) in [4.78, 5) is 38.7. The Labute approximate surface area is 176 Å². The molecule has 1 saturated heterocycles. The summed E-state index contributed by atoms with van der Waals surface area (Å²) in [6.07, 6.45) is 3.01. The monoisotopic (exact) mass is 412 g/mol. The number of piperidine rings is 1. The molecule has 3 rings (SSSR count). The van der Waals surface area contributed by atoms with Gasteiger partial charge in [0, 0.05) is 23.7 Å². The van der Waals surface area contributed by atoms with Crippen LogP contribution in [0, 0.1) is 5.92 Å². The fourth-order valence-electron chi connectivity index (χ4n) is 3.49. The molecule has 8 heteroatoms. The van der Waals surface area contributed by atoms with Crippen molar-refractivity contribution < 1.29 is 18.8 Å². The standard InChI is InChI=1S/C22H28N4O4/c1-2-23-22(29)17-5-3-6-18(13-17)25-20(27)15-26-10-8-16(9-11-26)21(28)24-14-19-7-4-12-30-19/h3-7,12-13,16H,2,8-11,14-15H2,1H3,(H,23,29)(H,24,28)(H,25,27). The van der Waals surface area contributed by atoms with Crippen LogP contribution in [0.4, 0.5) is 5.69 Å². The number of benzene rings is 1. The second-order valence-electron chi connectivity index (χ2n) is 7.34.